The minimum atomic E-state index is -0.114. The molecule has 2 aromatic rings. The van der Waals surface area contributed by atoms with Gasteiger partial charge in [0.1, 0.15) is 12.7 Å². The lowest BCUT2D eigenvalue weighted by molar-refractivity contribution is 0.0937. The highest BCUT2D eigenvalue weighted by atomic mass is 16.5. The summed E-state index contributed by atoms with van der Waals surface area (Å²) in [6.45, 7) is 1.00. The summed E-state index contributed by atoms with van der Waals surface area (Å²) in [4.78, 5) is 15.6. The molecule has 0 bridgehead atoms. The molecule has 1 amide bonds. The number of aromatic nitrogens is 3. The zero-order valence-corrected chi connectivity index (χ0v) is 10.0. The molecule has 1 aromatic heterocycles. The maximum absolute atomic E-state index is 11.7. The van der Waals surface area contributed by atoms with E-state index in [0.717, 1.165) is 5.69 Å². The Morgan fingerprint density at radius 3 is 2.78 bits per heavy atom. The third-order valence-corrected chi connectivity index (χ3v) is 2.40. The van der Waals surface area contributed by atoms with Crippen molar-refractivity contribution in [3.8, 4) is 5.69 Å². The highest BCUT2D eigenvalue weighted by Gasteiger charge is 2.05. The first-order valence-corrected chi connectivity index (χ1v) is 5.53. The number of hydrogen-bond acceptors (Lipinski definition) is 4. The van der Waals surface area contributed by atoms with E-state index >= 15 is 0 Å². The second-order valence-corrected chi connectivity index (χ2v) is 3.64. The normalized spacial score (nSPS) is 10.3. The number of rotatable bonds is 5. The van der Waals surface area contributed by atoms with Crippen LogP contribution >= 0.6 is 0 Å². The van der Waals surface area contributed by atoms with Crippen LogP contribution in [0.1, 0.15) is 10.4 Å². The zero-order valence-electron chi connectivity index (χ0n) is 10.0. The fraction of sp³-hybridized carbons (Fsp3) is 0.250. The van der Waals surface area contributed by atoms with Crippen molar-refractivity contribution in [2.24, 2.45) is 0 Å². The average molecular weight is 246 g/mol. The van der Waals surface area contributed by atoms with E-state index in [1.165, 1.54) is 6.33 Å². The Balaban J connectivity index is 2.01. The molecule has 6 heteroatoms. The van der Waals surface area contributed by atoms with Crippen molar-refractivity contribution in [3.63, 3.8) is 0 Å². The van der Waals surface area contributed by atoms with Gasteiger partial charge in [-0.3, -0.25) is 4.79 Å². The lowest BCUT2D eigenvalue weighted by Crippen LogP contribution is -2.26. The number of amides is 1. The van der Waals surface area contributed by atoms with Crippen molar-refractivity contribution >= 4 is 5.91 Å². The smallest absolute Gasteiger partial charge is 0.251 e. The van der Waals surface area contributed by atoms with Crippen molar-refractivity contribution in [2.45, 2.75) is 0 Å². The molecule has 0 aliphatic carbocycles. The first kappa shape index (κ1) is 12.3. The Kier molecular flexibility index (Phi) is 4.03. The van der Waals surface area contributed by atoms with Crippen LogP contribution in [0.5, 0.6) is 0 Å². The second-order valence-electron chi connectivity index (χ2n) is 3.64. The van der Waals surface area contributed by atoms with E-state index in [-0.39, 0.29) is 5.91 Å². The third kappa shape index (κ3) is 2.92. The molecule has 0 unspecified atom stereocenters. The van der Waals surface area contributed by atoms with Crippen LogP contribution in [0.3, 0.4) is 0 Å². The molecule has 6 nitrogen and oxygen atoms in total. The largest absolute Gasteiger partial charge is 0.383 e. The number of nitrogens with one attached hydrogen (secondary N) is 1. The fourth-order valence-corrected chi connectivity index (χ4v) is 1.48. The number of methoxy groups -OCH3 is 1. The van der Waals surface area contributed by atoms with Gasteiger partial charge < -0.3 is 10.1 Å². The zero-order chi connectivity index (χ0) is 12.8. The minimum absolute atomic E-state index is 0.114. The summed E-state index contributed by atoms with van der Waals surface area (Å²) in [6.07, 6.45) is 3.07. The molecule has 0 spiro atoms. The molecule has 0 fully saturated rings. The average Bonchev–Trinajstić information content (AvgIpc) is 2.93. The van der Waals surface area contributed by atoms with Crippen LogP contribution in [0.25, 0.3) is 5.69 Å². The number of carbonyl (C=O) groups is 1. The van der Waals surface area contributed by atoms with Crippen LogP contribution in [0.2, 0.25) is 0 Å². The Morgan fingerprint density at radius 1 is 1.39 bits per heavy atom. The van der Waals surface area contributed by atoms with Crippen LogP contribution in [-0.4, -0.2) is 40.9 Å². The minimum Gasteiger partial charge on any atom is -0.383 e. The summed E-state index contributed by atoms with van der Waals surface area (Å²) in [5.41, 5.74) is 1.47. The van der Waals surface area contributed by atoms with Gasteiger partial charge in [-0.25, -0.2) is 9.67 Å². The quantitative estimate of drug-likeness (QED) is 0.786. The maximum atomic E-state index is 11.7. The summed E-state index contributed by atoms with van der Waals surface area (Å²) in [6, 6.07) is 7.14. The van der Waals surface area contributed by atoms with Gasteiger partial charge >= 0.3 is 0 Å². The number of ether oxygens (including phenoxy) is 1. The van der Waals surface area contributed by atoms with Gasteiger partial charge in [0.05, 0.1) is 12.3 Å². The van der Waals surface area contributed by atoms with Gasteiger partial charge in [0.15, 0.2) is 0 Å². The van der Waals surface area contributed by atoms with Crippen LogP contribution < -0.4 is 5.32 Å². The molecule has 0 saturated heterocycles. The first-order chi connectivity index (χ1) is 8.81. The number of nitrogens with zero attached hydrogens (tertiary/aromatic N) is 3. The predicted molar refractivity (Wildman–Crippen MR) is 65.6 cm³/mol. The molecule has 18 heavy (non-hydrogen) atoms. The third-order valence-electron chi connectivity index (χ3n) is 2.40. The van der Waals surface area contributed by atoms with Gasteiger partial charge in [0, 0.05) is 19.2 Å². The summed E-state index contributed by atoms with van der Waals surface area (Å²) in [5.74, 6) is -0.114. The molecular formula is C12H14N4O2. The van der Waals surface area contributed by atoms with Crippen LogP contribution in [-0.2, 0) is 4.74 Å². The topological polar surface area (TPSA) is 69.0 Å². The van der Waals surface area contributed by atoms with Gasteiger partial charge in [-0.2, -0.15) is 5.10 Å². The highest BCUT2D eigenvalue weighted by molar-refractivity contribution is 5.94. The van der Waals surface area contributed by atoms with Crippen molar-refractivity contribution in [3.05, 3.63) is 42.5 Å². The van der Waals surface area contributed by atoms with Crippen molar-refractivity contribution in [1.82, 2.24) is 20.1 Å². The van der Waals surface area contributed by atoms with Crippen molar-refractivity contribution < 1.29 is 9.53 Å². The molecule has 1 N–H and O–H groups in total. The highest BCUT2D eigenvalue weighted by Crippen LogP contribution is 2.07. The van der Waals surface area contributed by atoms with E-state index in [9.17, 15) is 4.79 Å². The second kappa shape index (κ2) is 5.92. The van der Waals surface area contributed by atoms with Gasteiger partial charge in [-0.15, -0.1) is 0 Å². The Hall–Kier alpha value is -2.21. The standard InChI is InChI=1S/C12H14N4O2/c1-18-7-6-14-12(17)10-2-4-11(5-3-10)16-9-13-8-15-16/h2-5,8-9H,6-7H2,1H3,(H,14,17). The van der Waals surface area contributed by atoms with E-state index in [4.69, 9.17) is 4.74 Å². The summed E-state index contributed by atoms with van der Waals surface area (Å²) >= 11 is 0. The Morgan fingerprint density at radius 2 is 2.17 bits per heavy atom. The van der Waals surface area contributed by atoms with Crippen LogP contribution in [0.15, 0.2) is 36.9 Å². The fourth-order valence-electron chi connectivity index (χ4n) is 1.48. The molecule has 1 heterocycles. The molecule has 0 atom stereocenters. The molecule has 0 aliphatic heterocycles. The van der Waals surface area contributed by atoms with E-state index in [0.29, 0.717) is 18.7 Å². The summed E-state index contributed by atoms with van der Waals surface area (Å²) < 4.78 is 6.49. The number of benzene rings is 1. The van der Waals surface area contributed by atoms with Crippen molar-refractivity contribution in [1.29, 1.82) is 0 Å². The van der Waals surface area contributed by atoms with E-state index < -0.39 is 0 Å². The monoisotopic (exact) mass is 246 g/mol. The van der Waals surface area contributed by atoms with E-state index in [1.54, 1.807) is 30.3 Å². The maximum Gasteiger partial charge on any atom is 0.251 e. The van der Waals surface area contributed by atoms with Gasteiger partial charge in [-0.05, 0) is 24.3 Å². The molecule has 0 radical (unpaired) electrons. The van der Waals surface area contributed by atoms with Crippen LogP contribution in [0, 0.1) is 0 Å². The summed E-state index contributed by atoms with van der Waals surface area (Å²) in [5, 5.41) is 6.77. The molecule has 94 valence electrons. The van der Waals surface area contributed by atoms with Crippen molar-refractivity contribution in [2.75, 3.05) is 20.3 Å². The molecule has 2 rings (SSSR count). The first-order valence-electron chi connectivity index (χ1n) is 5.53. The van der Waals surface area contributed by atoms with Gasteiger partial charge in [0.2, 0.25) is 0 Å². The lowest BCUT2D eigenvalue weighted by Gasteiger charge is -2.05. The molecular weight excluding hydrogens is 232 g/mol. The number of hydrogen-bond donors (Lipinski definition) is 1. The Bertz CT molecular complexity index is 493. The van der Waals surface area contributed by atoms with Gasteiger partial charge in [-0.1, -0.05) is 0 Å². The molecule has 1 aromatic carbocycles. The van der Waals surface area contributed by atoms with Crippen LogP contribution in [0.4, 0.5) is 0 Å². The van der Waals surface area contributed by atoms with Gasteiger partial charge in [0.25, 0.3) is 5.91 Å². The van der Waals surface area contributed by atoms with E-state index in [2.05, 4.69) is 15.4 Å². The lowest BCUT2D eigenvalue weighted by atomic mass is 10.2. The van der Waals surface area contributed by atoms with E-state index in [1.807, 2.05) is 12.1 Å². The SMILES string of the molecule is COCCNC(=O)c1ccc(-n2cncn2)cc1. The molecule has 0 aliphatic rings. The Labute approximate surface area is 105 Å². The molecule has 0 saturated carbocycles. The predicted octanol–water partition coefficient (Wildman–Crippen LogP) is 0.643. The summed E-state index contributed by atoms with van der Waals surface area (Å²) in [7, 11) is 1.60. The number of carbonyl (C=O) groups excluding carboxylic acids is 1.